The largest absolute Gasteiger partial charge is 0.383 e. The zero-order chi connectivity index (χ0) is 15.2. The number of aryl methyl sites for hydroxylation is 2. The minimum Gasteiger partial charge on any atom is -0.383 e. The third kappa shape index (κ3) is 4.33. The van der Waals surface area contributed by atoms with Gasteiger partial charge in [0.25, 0.3) is 0 Å². The maximum atomic E-state index is 6.42. The second-order valence-corrected chi connectivity index (χ2v) is 5.77. The number of nitrogens with zero attached hydrogens (tertiary/aromatic N) is 2. The van der Waals surface area contributed by atoms with E-state index < -0.39 is 0 Å². The molecule has 5 heteroatoms. The predicted octanol–water partition coefficient (Wildman–Crippen LogP) is 2.61. The molecule has 0 spiro atoms. The topological polar surface area (TPSA) is 39.1 Å². The van der Waals surface area contributed by atoms with Gasteiger partial charge in [0.05, 0.1) is 23.0 Å². The Kier molecular flexibility index (Phi) is 6.72. The van der Waals surface area contributed by atoms with Crippen molar-refractivity contribution in [3.05, 3.63) is 29.1 Å². The van der Waals surface area contributed by atoms with Gasteiger partial charge in [-0.1, -0.05) is 31.5 Å². The molecule has 0 aliphatic carbocycles. The van der Waals surface area contributed by atoms with Gasteiger partial charge in [-0.25, -0.2) is 0 Å². The average molecular weight is 300 g/mol. The molecule has 114 valence electrons. The van der Waals surface area contributed by atoms with E-state index in [2.05, 4.69) is 30.8 Å². The second kappa shape index (κ2) is 7.81. The summed E-state index contributed by atoms with van der Waals surface area (Å²) in [5.74, 6) is 0. The maximum Gasteiger partial charge on any atom is 0.0850 e. The molecule has 0 amide bonds. The Morgan fingerprint density at radius 2 is 2.25 bits per heavy atom. The van der Waals surface area contributed by atoms with Gasteiger partial charge < -0.3 is 10.1 Å². The summed E-state index contributed by atoms with van der Waals surface area (Å²) in [7, 11) is 3.65. The molecule has 0 fully saturated rings. The van der Waals surface area contributed by atoms with E-state index in [4.69, 9.17) is 16.3 Å². The van der Waals surface area contributed by atoms with Crippen molar-refractivity contribution in [2.75, 3.05) is 26.8 Å². The van der Waals surface area contributed by atoms with E-state index in [9.17, 15) is 0 Å². The van der Waals surface area contributed by atoms with Crippen LogP contribution in [0, 0.1) is 5.41 Å². The molecule has 1 unspecified atom stereocenters. The summed E-state index contributed by atoms with van der Waals surface area (Å²) in [5.41, 5.74) is 1.97. The Hall–Kier alpha value is -0.840. The molecular formula is C15H26ClN3O. The number of halogens is 1. The van der Waals surface area contributed by atoms with E-state index in [1.807, 2.05) is 17.8 Å². The summed E-state index contributed by atoms with van der Waals surface area (Å²) in [6, 6.07) is 0. The second-order valence-electron chi connectivity index (χ2n) is 5.39. The van der Waals surface area contributed by atoms with Gasteiger partial charge in [0.1, 0.15) is 0 Å². The highest BCUT2D eigenvalue weighted by molar-refractivity contribution is 6.31. The molecule has 1 N–H and O–H groups in total. The van der Waals surface area contributed by atoms with Crippen molar-refractivity contribution in [2.45, 2.75) is 26.7 Å². The fourth-order valence-corrected chi connectivity index (χ4v) is 2.51. The molecule has 1 aromatic rings. The Labute approximate surface area is 127 Å². The van der Waals surface area contributed by atoms with Crippen LogP contribution in [0.1, 0.15) is 25.2 Å². The van der Waals surface area contributed by atoms with Crippen molar-refractivity contribution < 1.29 is 4.74 Å². The van der Waals surface area contributed by atoms with Crippen LogP contribution in [-0.2, 0) is 24.6 Å². The Bertz CT molecular complexity index is 445. The number of hydrogen-bond donors (Lipinski definition) is 1. The normalized spacial score (nSPS) is 14.2. The van der Waals surface area contributed by atoms with E-state index in [0.717, 1.165) is 42.3 Å². The first-order valence-corrected chi connectivity index (χ1v) is 7.38. The average Bonchev–Trinajstić information content (AvgIpc) is 2.71. The fourth-order valence-electron chi connectivity index (χ4n) is 2.15. The quantitative estimate of drug-likeness (QED) is 0.563. The first-order chi connectivity index (χ1) is 9.47. The summed E-state index contributed by atoms with van der Waals surface area (Å²) < 4.78 is 6.93. The zero-order valence-electron chi connectivity index (χ0n) is 13.0. The molecule has 0 saturated carbocycles. The van der Waals surface area contributed by atoms with Crippen LogP contribution < -0.4 is 5.32 Å². The Balaban J connectivity index is 2.76. The minimum atomic E-state index is -0.0593. The smallest absolute Gasteiger partial charge is 0.0850 e. The first-order valence-electron chi connectivity index (χ1n) is 7.01. The van der Waals surface area contributed by atoms with E-state index in [1.165, 1.54) is 0 Å². The molecule has 0 radical (unpaired) electrons. The molecule has 1 atom stereocenters. The first kappa shape index (κ1) is 17.2. The van der Waals surface area contributed by atoms with Crippen molar-refractivity contribution in [1.82, 2.24) is 15.1 Å². The number of rotatable bonds is 9. The van der Waals surface area contributed by atoms with Gasteiger partial charge in [-0.2, -0.15) is 5.10 Å². The molecule has 0 aliphatic heterocycles. The van der Waals surface area contributed by atoms with Crippen LogP contribution in [0.15, 0.2) is 12.7 Å². The fraction of sp³-hybridized carbons (Fsp3) is 0.667. The Morgan fingerprint density at radius 3 is 2.75 bits per heavy atom. The molecule has 0 bridgehead atoms. The third-order valence-electron chi connectivity index (χ3n) is 3.58. The minimum absolute atomic E-state index is 0.0593. The van der Waals surface area contributed by atoms with E-state index in [1.54, 1.807) is 7.11 Å². The maximum absolute atomic E-state index is 6.42. The molecule has 0 aliphatic rings. The standard InChI is InChI=1S/C15H26ClN3O/c1-6-12-14(16)13(19(4)18-12)10-15(3,7-2)11-17-8-9-20-5/h7,17H,2,6,8-11H2,1,3-5H3. The SMILES string of the molecule is C=CC(C)(CNCCOC)Cc1c(Cl)c(CC)nn1C. The lowest BCUT2D eigenvalue weighted by Crippen LogP contribution is -2.34. The number of nitrogens with one attached hydrogen (secondary N) is 1. The van der Waals surface area contributed by atoms with Gasteiger partial charge in [-0.15, -0.1) is 6.58 Å². The van der Waals surface area contributed by atoms with Crippen LogP contribution in [-0.4, -0.2) is 36.6 Å². The lowest BCUT2D eigenvalue weighted by Gasteiger charge is -2.26. The van der Waals surface area contributed by atoms with E-state index >= 15 is 0 Å². The molecule has 4 nitrogen and oxygen atoms in total. The molecule has 0 aromatic carbocycles. The third-order valence-corrected chi connectivity index (χ3v) is 4.02. The van der Waals surface area contributed by atoms with E-state index in [0.29, 0.717) is 6.61 Å². The van der Waals surface area contributed by atoms with Crippen molar-refractivity contribution in [3.63, 3.8) is 0 Å². The zero-order valence-corrected chi connectivity index (χ0v) is 13.8. The lowest BCUT2D eigenvalue weighted by atomic mass is 9.85. The van der Waals surface area contributed by atoms with Gasteiger partial charge in [-0.3, -0.25) is 4.68 Å². The summed E-state index contributed by atoms with van der Waals surface area (Å²) in [6.07, 6.45) is 3.66. The van der Waals surface area contributed by atoms with Gasteiger partial charge in [0.15, 0.2) is 0 Å². The highest BCUT2D eigenvalue weighted by atomic mass is 35.5. The summed E-state index contributed by atoms with van der Waals surface area (Å²) in [4.78, 5) is 0. The number of hydrogen-bond acceptors (Lipinski definition) is 3. The highest BCUT2D eigenvalue weighted by Gasteiger charge is 2.25. The lowest BCUT2D eigenvalue weighted by molar-refractivity contribution is 0.195. The van der Waals surface area contributed by atoms with Crippen molar-refractivity contribution in [1.29, 1.82) is 0 Å². The Morgan fingerprint density at radius 1 is 1.55 bits per heavy atom. The highest BCUT2D eigenvalue weighted by Crippen LogP contribution is 2.29. The molecule has 1 rings (SSSR count). The van der Waals surface area contributed by atoms with Crippen molar-refractivity contribution in [3.8, 4) is 0 Å². The van der Waals surface area contributed by atoms with Crippen LogP contribution in [0.5, 0.6) is 0 Å². The monoisotopic (exact) mass is 299 g/mol. The predicted molar refractivity (Wildman–Crippen MR) is 84.3 cm³/mol. The summed E-state index contributed by atoms with van der Waals surface area (Å²) in [5, 5.41) is 8.65. The van der Waals surface area contributed by atoms with Crippen molar-refractivity contribution in [2.24, 2.45) is 12.5 Å². The number of ether oxygens (including phenoxy) is 1. The van der Waals surface area contributed by atoms with Crippen LogP contribution in [0.2, 0.25) is 5.02 Å². The van der Waals surface area contributed by atoms with Crippen LogP contribution in [0.3, 0.4) is 0 Å². The van der Waals surface area contributed by atoms with Gasteiger partial charge in [0, 0.05) is 39.1 Å². The van der Waals surface area contributed by atoms with Crippen LogP contribution in [0.4, 0.5) is 0 Å². The van der Waals surface area contributed by atoms with Gasteiger partial charge in [0.2, 0.25) is 0 Å². The molecule has 20 heavy (non-hydrogen) atoms. The van der Waals surface area contributed by atoms with Gasteiger partial charge >= 0.3 is 0 Å². The number of methoxy groups -OCH3 is 1. The summed E-state index contributed by atoms with van der Waals surface area (Å²) >= 11 is 6.42. The van der Waals surface area contributed by atoms with Crippen molar-refractivity contribution >= 4 is 11.6 Å². The van der Waals surface area contributed by atoms with E-state index in [-0.39, 0.29) is 5.41 Å². The molecular weight excluding hydrogens is 274 g/mol. The summed E-state index contributed by atoms with van der Waals surface area (Å²) in [6.45, 7) is 10.6. The van der Waals surface area contributed by atoms with Gasteiger partial charge in [-0.05, 0) is 6.42 Å². The van der Waals surface area contributed by atoms with Crippen LogP contribution >= 0.6 is 11.6 Å². The molecule has 1 aromatic heterocycles. The molecule has 1 heterocycles. The molecule has 0 saturated heterocycles. The number of aromatic nitrogens is 2. The van der Waals surface area contributed by atoms with Crippen LogP contribution in [0.25, 0.3) is 0 Å².